The largest absolute Gasteiger partial charge is 0.306 e. The maximum absolute atomic E-state index is 13.1. The summed E-state index contributed by atoms with van der Waals surface area (Å²) in [6.45, 7) is 1.16. The molecule has 0 amide bonds. The van der Waals surface area contributed by atoms with Crippen LogP contribution in [0.4, 0.5) is 10.1 Å². The van der Waals surface area contributed by atoms with E-state index < -0.39 is 31.3 Å². The maximum Gasteiger partial charge on any atom is 0.306 e. The molecule has 0 fully saturated rings. The van der Waals surface area contributed by atoms with E-state index in [4.69, 9.17) is 5.26 Å². The number of nitriles is 1. The van der Waals surface area contributed by atoms with Crippen molar-refractivity contribution in [1.82, 2.24) is 4.31 Å². The number of benzene rings is 1. The second kappa shape index (κ2) is 5.73. The lowest BCUT2D eigenvalue weighted by Gasteiger charge is -2.16. The van der Waals surface area contributed by atoms with E-state index in [1.54, 1.807) is 6.07 Å². The van der Waals surface area contributed by atoms with Gasteiger partial charge in [0.15, 0.2) is 0 Å². The van der Waals surface area contributed by atoms with E-state index >= 15 is 0 Å². The first-order valence-electron chi connectivity index (χ1n) is 5.15. The van der Waals surface area contributed by atoms with Gasteiger partial charge in [-0.05, 0) is 12.1 Å². The monoisotopic (exact) mass is 287 g/mol. The molecule has 7 nitrogen and oxygen atoms in total. The van der Waals surface area contributed by atoms with Crippen molar-refractivity contribution >= 4 is 15.7 Å². The van der Waals surface area contributed by atoms with Gasteiger partial charge in [0.2, 0.25) is 15.8 Å². The summed E-state index contributed by atoms with van der Waals surface area (Å²) in [5.74, 6) is -1.12. The van der Waals surface area contributed by atoms with Crippen molar-refractivity contribution in [1.29, 1.82) is 5.26 Å². The number of sulfonamides is 1. The van der Waals surface area contributed by atoms with Crippen LogP contribution in [0.2, 0.25) is 0 Å². The van der Waals surface area contributed by atoms with E-state index in [2.05, 4.69) is 0 Å². The van der Waals surface area contributed by atoms with Crippen LogP contribution < -0.4 is 0 Å². The first-order chi connectivity index (χ1) is 8.84. The molecule has 0 unspecified atom stereocenters. The Kier molecular flexibility index (Phi) is 4.52. The second-order valence-corrected chi connectivity index (χ2v) is 5.40. The molecule has 1 rings (SSSR count). The number of nitrogens with zero attached hydrogens (tertiary/aromatic N) is 3. The van der Waals surface area contributed by atoms with Crippen LogP contribution in [0.25, 0.3) is 0 Å². The van der Waals surface area contributed by atoms with E-state index in [9.17, 15) is 22.9 Å². The quantitative estimate of drug-likeness (QED) is 0.460. The zero-order chi connectivity index (χ0) is 14.6. The summed E-state index contributed by atoms with van der Waals surface area (Å²) in [5.41, 5.74) is -0.922. The normalized spacial score (nSPS) is 11.3. The lowest BCUT2D eigenvalue weighted by Crippen LogP contribution is -2.31. The van der Waals surface area contributed by atoms with Crippen LogP contribution in [0.15, 0.2) is 23.1 Å². The molecule has 0 radical (unpaired) electrons. The molecule has 0 atom stereocenters. The molecule has 0 aromatic heterocycles. The summed E-state index contributed by atoms with van der Waals surface area (Å²) in [6, 6.07) is 3.97. The molecule has 1 aromatic carbocycles. The highest BCUT2D eigenvalue weighted by atomic mass is 32.2. The molecule has 0 spiro atoms. The highest BCUT2D eigenvalue weighted by Crippen LogP contribution is 2.23. The fraction of sp³-hybridized carbons (Fsp3) is 0.300. The van der Waals surface area contributed by atoms with Gasteiger partial charge in [-0.3, -0.25) is 10.1 Å². The smallest absolute Gasteiger partial charge is 0.258 e. The summed E-state index contributed by atoms with van der Waals surface area (Å²) >= 11 is 0. The average molecular weight is 287 g/mol. The average Bonchev–Trinajstić information content (AvgIpc) is 2.35. The van der Waals surface area contributed by atoms with E-state index in [-0.39, 0.29) is 13.1 Å². The van der Waals surface area contributed by atoms with E-state index in [1.165, 1.54) is 6.92 Å². The van der Waals surface area contributed by atoms with Gasteiger partial charge >= 0.3 is 5.69 Å². The van der Waals surface area contributed by atoms with Gasteiger partial charge < -0.3 is 0 Å². The first-order valence-corrected chi connectivity index (χ1v) is 6.59. The predicted molar refractivity (Wildman–Crippen MR) is 63.1 cm³/mol. The Morgan fingerprint density at radius 2 is 2.16 bits per heavy atom. The van der Waals surface area contributed by atoms with Gasteiger partial charge in [0.25, 0.3) is 0 Å². The van der Waals surface area contributed by atoms with Gasteiger partial charge in [-0.25, -0.2) is 8.42 Å². The molecule has 0 aliphatic heterocycles. The highest BCUT2D eigenvalue weighted by Gasteiger charge is 2.26. The molecule has 0 heterocycles. The van der Waals surface area contributed by atoms with Crippen LogP contribution in [0.1, 0.15) is 6.92 Å². The van der Waals surface area contributed by atoms with Crippen molar-refractivity contribution in [2.75, 3.05) is 13.1 Å². The molecule has 0 bridgehead atoms. The Balaban J connectivity index is 3.34. The van der Waals surface area contributed by atoms with Crippen LogP contribution in [-0.4, -0.2) is 30.7 Å². The standard InChI is InChI=1S/C10H10FN3O4S/c1-2-13(6-5-12)19(17,18)8-3-4-9(11)10(7-8)14(15)16/h3-4,7H,2,6H2,1H3. The van der Waals surface area contributed by atoms with Crippen LogP contribution in [-0.2, 0) is 10.0 Å². The van der Waals surface area contributed by atoms with E-state index in [0.29, 0.717) is 12.1 Å². The Labute approximate surface area is 109 Å². The molecule has 102 valence electrons. The third-order valence-corrected chi connectivity index (χ3v) is 4.27. The molecular formula is C10H10FN3O4S. The van der Waals surface area contributed by atoms with Crippen molar-refractivity contribution in [3.05, 3.63) is 34.1 Å². The first kappa shape index (κ1) is 15.0. The molecule has 0 saturated heterocycles. The summed E-state index contributed by atoms with van der Waals surface area (Å²) in [6.07, 6.45) is 0. The molecule has 0 N–H and O–H groups in total. The van der Waals surface area contributed by atoms with Crippen molar-refractivity contribution in [2.24, 2.45) is 0 Å². The fourth-order valence-electron chi connectivity index (χ4n) is 1.39. The number of hydrogen-bond acceptors (Lipinski definition) is 5. The topological polar surface area (TPSA) is 104 Å². The Hall–Kier alpha value is -2.05. The lowest BCUT2D eigenvalue weighted by atomic mass is 10.3. The van der Waals surface area contributed by atoms with Gasteiger partial charge in [0, 0.05) is 12.6 Å². The van der Waals surface area contributed by atoms with Gasteiger partial charge in [-0.15, -0.1) is 0 Å². The number of halogens is 1. The zero-order valence-electron chi connectivity index (χ0n) is 9.91. The van der Waals surface area contributed by atoms with Crippen LogP contribution >= 0.6 is 0 Å². The van der Waals surface area contributed by atoms with Crippen LogP contribution in [0.5, 0.6) is 0 Å². The Bertz CT molecular complexity index is 639. The summed E-state index contributed by atoms with van der Waals surface area (Å²) in [7, 11) is -4.05. The van der Waals surface area contributed by atoms with Gasteiger partial charge in [0.05, 0.1) is 15.9 Å². The van der Waals surface area contributed by atoms with Gasteiger partial charge in [-0.2, -0.15) is 14.0 Å². The summed E-state index contributed by atoms with van der Waals surface area (Å²) in [5, 5.41) is 19.1. The second-order valence-electron chi connectivity index (χ2n) is 3.46. The SMILES string of the molecule is CCN(CC#N)S(=O)(=O)c1ccc(F)c([N+](=O)[O-])c1. The van der Waals surface area contributed by atoms with Crippen molar-refractivity contribution in [3.8, 4) is 6.07 Å². The minimum absolute atomic E-state index is 0.0288. The van der Waals surface area contributed by atoms with Crippen molar-refractivity contribution in [2.45, 2.75) is 11.8 Å². The van der Waals surface area contributed by atoms with Crippen LogP contribution in [0.3, 0.4) is 0 Å². The number of rotatable bonds is 5. The van der Waals surface area contributed by atoms with Gasteiger partial charge in [0.1, 0.15) is 6.54 Å². The number of nitro benzene ring substituents is 1. The minimum Gasteiger partial charge on any atom is -0.258 e. The predicted octanol–water partition coefficient (Wildman–Crippen LogP) is 1.27. The molecule has 0 aliphatic carbocycles. The molecule has 9 heteroatoms. The third kappa shape index (κ3) is 3.04. The van der Waals surface area contributed by atoms with Crippen molar-refractivity contribution in [3.63, 3.8) is 0 Å². The minimum atomic E-state index is -4.05. The molecule has 1 aromatic rings. The van der Waals surface area contributed by atoms with Crippen molar-refractivity contribution < 1.29 is 17.7 Å². The molecule has 0 aliphatic rings. The zero-order valence-corrected chi connectivity index (χ0v) is 10.7. The van der Waals surface area contributed by atoms with Gasteiger partial charge in [-0.1, -0.05) is 6.92 Å². The number of hydrogen-bond donors (Lipinski definition) is 0. The Morgan fingerprint density at radius 1 is 1.53 bits per heavy atom. The molecule has 19 heavy (non-hydrogen) atoms. The summed E-state index contributed by atoms with van der Waals surface area (Å²) < 4.78 is 38.1. The van der Waals surface area contributed by atoms with E-state index in [0.717, 1.165) is 10.4 Å². The molecule has 0 saturated carbocycles. The Morgan fingerprint density at radius 3 is 2.63 bits per heavy atom. The van der Waals surface area contributed by atoms with Crippen LogP contribution in [0, 0.1) is 27.3 Å². The van der Waals surface area contributed by atoms with E-state index in [1.807, 2.05) is 0 Å². The summed E-state index contributed by atoms with van der Waals surface area (Å²) in [4.78, 5) is 9.15. The lowest BCUT2D eigenvalue weighted by molar-refractivity contribution is -0.387. The highest BCUT2D eigenvalue weighted by molar-refractivity contribution is 7.89. The molecular weight excluding hydrogens is 277 g/mol. The third-order valence-electron chi connectivity index (χ3n) is 2.35. The number of nitro groups is 1. The fourth-order valence-corrected chi connectivity index (χ4v) is 2.75. The maximum atomic E-state index is 13.1.